The maximum Gasteiger partial charge on any atom is 0.183 e. The fourth-order valence-electron chi connectivity index (χ4n) is 4.72. The summed E-state index contributed by atoms with van der Waals surface area (Å²) in [6.07, 6.45) is 4.10. The quantitative estimate of drug-likeness (QED) is 0.807. The molecule has 0 saturated carbocycles. The van der Waals surface area contributed by atoms with Gasteiger partial charge in [0.05, 0.1) is 18.8 Å². The van der Waals surface area contributed by atoms with Gasteiger partial charge in [0, 0.05) is 42.1 Å². The molecule has 3 aliphatic heterocycles. The smallest absolute Gasteiger partial charge is 0.183 e. The largest absolute Gasteiger partial charge is 0.493 e. The number of hydrogen-bond donors (Lipinski definition) is 1. The van der Waals surface area contributed by atoms with Crippen molar-refractivity contribution in [2.75, 3.05) is 26.7 Å². The summed E-state index contributed by atoms with van der Waals surface area (Å²) in [7, 11) is 1.70. The second kappa shape index (κ2) is 7.24. The number of nitrogens with zero attached hydrogens (tertiary/aromatic N) is 2. The number of fused-ring (bicyclic) bond motifs is 4. The Morgan fingerprint density at radius 2 is 1.97 bits per heavy atom. The van der Waals surface area contributed by atoms with Crippen molar-refractivity contribution in [3.63, 3.8) is 0 Å². The van der Waals surface area contributed by atoms with Crippen molar-refractivity contribution in [2.45, 2.75) is 31.5 Å². The minimum absolute atomic E-state index is 0.0632. The lowest BCUT2D eigenvalue weighted by Crippen LogP contribution is -2.63. The Morgan fingerprint density at radius 1 is 1.17 bits per heavy atom. The van der Waals surface area contributed by atoms with Crippen LogP contribution in [0, 0.1) is 0 Å². The number of rotatable bonds is 3. The second-order valence-electron chi connectivity index (χ2n) is 7.85. The van der Waals surface area contributed by atoms with Crippen LogP contribution in [0.3, 0.4) is 0 Å². The summed E-state index contributed by atoms with van der Waals surface area (Å²) in [6, 6.07) is 14.1. The molecule has 0 amide bonds. The van der Waals surface area contributed by atoms with Crippen LogP contribution in [0.2, 0.25) is 5.02 Å². The molecule has 6 heteroatoms. The second-order valence-corrected chi connectivity index (χ2v) is 8.26. The minimum Gasteiger partial charge on any atom is -0.493 e. The van der Waals surface area contributed by atoms with Crippen LogP contribution in [0.1, 0.15) is 36.9 Å². The number of para-hydroxylation sites is 1. The van der Waals surface area contributed by atoms with Gasteiger partial charge in [0.2, 0.25) is 0 Å². The molecule has 2 aromatic rings. The summed E-state index contributed by atoms with van der Waals surface area (Å²) in [4.78, 5) is 2.47. The lowest BCUT2D eigenvalue weighted by Gasteiger charge is -2.51. The maximum atomic E-state index is 6.75. The van der Waals surface area contributed by atoms with E-state index in [1.165, 1.54) is 0 Å². The molecule has 0 aromatic heterocycles. The van der Waals surface area contributed by atoms with Crippen LogP contribution < -0.4 is 14.9 Å². The number of piperidine rings is 1. The zero-order valence-electron chi connectivity index (χ0n) is 16.8. The van der Waals surface area contributed by atoms with E-state index in [4.69, 9.17) is 21.1 Å². The molecule has 0 unspecified atom stereocenters. The molecule has 1 atom stereocenters. The molecule has 0 radical (unpaired) electrons. The summed E-state index contributed by atoms with van der Waals surface area (Å²) in [5.74, 6) is 1.65. The molecule has 5 rings (SSSR count). The van der Waals surface area contributed by atoms with Crippen LogP contribution in [0.5, 0.6) is 11.5 Å². The highest BCUT2D eigenvalue weighted by atomic mass is 35.5. The maximum absolute atomic E-state index is 6.75. The lowest BCUT2D eigenvalue weighted by atomic mass is 9.92. The topological polar surface area (TPSA) is 37.0 Å². The lowest BCUT2D eigenvalue weighted by molar-refractivity contribution is -0.160. The first-order valence-corrected chi connectivity index (χ1v) is 10.6. The van der Waals surface area contributed by atoms with Gasteiger partial charge in [-0.15, -0.1) is 0 Å². The molecule has 2 aromatic carbocycles. The molecule has 1 fully saturated rings. The standard InChI is InChI=1S/C23H26ClN3O2/c1-3-26-13-11-23(12-14-26)27-20(17-8-6-10-21(28-2)22(17)29-23)15-19(25-27)16-7-4-5-9-18(16)24/h4-10,15,20,25H,3,11-14H2,1-2H3/t20-/m1/s1. The van der Waals surface area contributed by atoms with Crippen LogP contribution in [-0.2, 0) is 0 Å². The van der Waals surface area contributed by atoms with Crippen LogP contribution >= 0.6 is 11.6 Å². The van der Waals surface area contributed by atoms with Gasteiger partial charge in [-0.25, -0.2) is 0 Å². The molecule has 1 N–H and O–H groups in total. The van der Waals surface area contributed by atoms with Gasteiger partial charge in [-0.3, -0.25) is 0 Å². The van der Waals surface area contributed by atoms with Crippen molar-refractivity contribution in [3.05, 3.63) is 64.7 Å². The zero-order valence-corrected chi connectivity index (χ0v) is 17.6. The molecular formula is C23H26ClN3O2. The van der Waals surface area contributed by atoms with E-state index in [0.29, 0.717) is 0 Å². The van der Waals surface area contributed by atoms with Gasteiger partial charge in [-0.1, -0.05) is 48.9 Å². The van der Waals surface area contributed by atoms with Gasteiger partial charge < -0.3 is 19.8 Å². The SMILES string of the molecule is CCN1CCC2(CC1)Oc1c(OC)cccc1[C@H]1C=C(c3ccccc3Cl)NN12. The van der Waals surface area contributed by atoms with Crippen molar-refractivity contribution in [3.8, 4) is 11.5 Å². The van der Waals surface area contributed by atoms with E-state index in [0.717, 1.165) is 65.8 Å². The molecule has 3 heterocycles. The third-order valence-corrected chi connectivity index (χ3v) is 6.70. The fourth-order valence-corrected chi connectivity index (χ4v) is 4.96. The predicted octanol–water partition coefficient (Wildman–Crippen LogP) is 4.46. The number of benzene rings is 2. The molecule has 0 aliphatic carbocycles. The van der Waals surface area contributed by atoms with E-state index < -0.39 is 5.72 Å². The Morgan fingerprint density at radius 3 is 2.69 bits per heavy atom. The molecule has 152 valence electrons. The third-order valence-electron chi connectivity index (χ3n) is 6.37. The number of hydrazine groups is 1. The number of likely N-dealkylation sites (tertiary alicyclic amines) is 1. The van der Waals surface area contributed by atoms with Crippen LogP contribution in [-0.4, -0.2) is 42.4 Å². The summed E-state index contributed by atoms with van der Waals surface area (Å²) in [5.41, 5.74) is 6.38. The van der Waals surface area contributed by atoms with E-state index in [9.17, 15) is 0 Å². The van der Waals surface area contributed by atoms with Gasteiger partial charge in [0.1, 0.15) is 0 Å². The van der Waals surface area contributed by atoms with E-state index in [2.05, 4.69) is 40.5 Å². The monoisotopic (exact) mass is 411 g/mol. The van der Waals surface area contributed by atoms with Gasteiger partial charge in [-0.05, 0) is 24.8 Å². The average Bonchev–Trinajstić information content (AvgIpc) is 3.21. The van der Waals surface area contributed by atoms with Crippen molar-refractivity contribution < 1.29 is 9.47 Å². The molecule has 3 aliphatic rings. The predicted molar refractivity (Wildman–Crippen MR) is 115 cm³/mol. The van der Waals surface area contributed by atoms with Gasteiger partial charge >= 0.3 is 0 Å². The van der Waals surface area contributed by atoms with Gasteiger partial charge in [0.25, 0.3) is 0 Å². The Hall–Kier alpha value is -2.21. The average molecular weight is 412 g/mol. The molecule has 5 nitrogen and oxygen atoms in total. The number of nitrogens with one attached hydrogen (secondary N) is 1. The highest BCUT2D eigenvalue weighted by Gasteiger charge is 2.52. The minimum atomic E-state index is -0.419. The summed E-state index contributed by atoms with van der Waals surface area (Å²) < 4.78 is 12.4. The first kappa shape index (κ1) is 18.8. The van der Waals surface area contributed by atoms with Crippen molar-refractivity contribution in [1.29, 1.82) is 0 Å². The molecule has 1 spiro atoms. The molecule has 1 saturated heterocycles. The van der Waals surface area contributed by atoms with Crippen LogP contribution in [0.25, 0.3) is 5.70 Å². The Balaban J connectivity index is 1.60. The summed E-state index contributed by atoms with van der Waals surface area (Å²) in [6.45, 7) is 5.29. The van der Waals surface area contributed by atoms with E-state index in [1.807, 2.05) is 30.3 Å². The number of hydrogen-bond acceptors (Lipinski definition) is 5. The number of methoxy groups -OCH3 is 1. The molecular weight excluding hydrogens is 386 g/mol. The van der Waals surface area contributed by atoms with Crippen molar-refractivity contribution in [2.24, 2.45) is 0 Å². The molecule has 29 heavy (non-hydrogen) atoms. The highest BCUT2D eigenvalue weighted by Crippen LogP contribution is 2.51. The molecule has 0 bridgehead atoms. The van der Waals surface area contributed by atoms with Crippen LogP contribution in [0.4, 0.5) is 0 Å². The van der Waals surface area contributed by atoms with Crippen molar-refractivity contribution in [1.82, 2.24) is 15.3 Å². The van der Waals surface area contributed by atoms with Crippen molar-refractivity contribution >= 4 is 17.3 Å². The van der Waals surface area contributed by atoms with E-state index in [-0.39, 0.29) is 6.04 Å². The Bertz CT molecular complexity index is 953. The van der Waals surface area contributed by atoms with Crippen LogP contribution in [0.15, 0.2) is 48.5 Å². The normalized spacial score (nSPS) is 23.0. The summed E-state index contributed by atoms with van der Waals surface area (Å²) >= 11 is 6.51. The number of halogens is 1. The zero-order chi connectivity index (χ0) is 20.0. The number of ether oxygens (including phenoxy) is 2. The van der Waals surface area contributed by atoms with E-state index >= 15 is 0 Å². The fraction of sp³-hybridized carbons (Fsp3) is 0.391. The first-order chi connectivity index (χ1) is 14.1. The van der Waals surface area contributed by atoms with Gasteiger partial charge in [-0.2, -0.15) is 5.01 Å². The summed E-state index contributed by atoms with van der Waals surface area (Å²) in [5, 5.41) is 3.04. The van der Waals surface area contributed by atoms with E-state index in [1.54, 1.807) is 7.11 Å². The van der Waals surface area contributed by atoms with Gasteiger partial charge in [0.15, 0.2) is 17.2 Å². The Kier molecular flexibility index (Phi) is 4.69. The Labute approximate surface area is 176 Å². The third kappa shape index (κ3) is 3.00. The highest BCUT2D eigenvalue weighted by molar-refractivity contribution is 6.32. The first-order valence-electron chi connectivity index (χ1n) is 10.3.